The first-order valence-corrected chi connectivity index (χ1v) is 4.38. The Morgan fingerprint density at radius 3 is 3.00 bits per heavy atom. The topological polar surface area (TPSA) is 44.1 Å². The molecule has 1 aromatic heterocycles. The molecule has 72 valence electrons. The summed E-state index contributed by atoms with van der Waals surface area (Å²) in [5.74, 6) is -0.452. The van der Waals surface area contributed by atoms with Crippen molar-refractivity contribution < 1.29 is 9.53 Å². The molecule has 0 saturated heterocycles. The van der Waals surface area contributed by atoms with E-state index in [4.69, 9.17) is 11.6 Å². The lowest BCUT2D eigenvalue weighted by atomic mass is 10.4. The second-order valence-corrected chi connectivity index (χ2v) is 2.92. The minimum atomic E-state index is -0.452. The first kappa shape index (κ1) is 10.1. The molecule has 0 saturated carbocycles. The molecule has 0 amide bonds. The Morgan fingerprint density at radius 1 is 1.77 bits per heavy atom. The zero-order valence-electron chi connectivity index (χ0n) is 7.58. The summed E-state index contributed by atoms with van der Waals surface area (Å²) in [7, 11) is 1.32. The fourth-order valence-corrected chi connectivity index (χ4v) is 1.24. The number of halogens is 1. The van der Waals surface area contributed by atoms with Crippen LogP contribution in [0.25, 0.3) is 0 Å². The van der Waals surface area contributed by atoms with E-state index in [0.29, 0.717) is 17.3 Å². The van der Waals surface area contributed by atoms with Gasteiger partial charge in [0.15, 0.2) is 0 Å². The highest BCUT2D eigenvalue weighted by atomic mass is 35.5. The number of methoxy groups -OCH3 is 1. The molecule has 0 aliphatic rings. The molecule has 1 aromatic rings. The number of aryl methyl sites for hydroxylation is 1. The van der Waals surface area contributed by atoms with Gasteiger partial charge in [-0.05, 0) is 6.42 Å². The fraction of sp³-hybridized carbons (Fsp3) is 0.500. The van der Waals surface area contributed by atoms with Gasteiger partial charge in [-0.2, -0.15) is 5.10 Å². The van der Waals surface area contributed by atoms with Gasteiger partial charge in [0, 0.05) is 6.54 Å². The van der Waals surface area contributed by atoms with Crippen LogP contribution in [0.3, 0.4) is 0 Å². The first-order valence-electron chi connectivity index (χ1n) is 4.00. The molecule has 0 radical (unpaired) electrons. The Hall–Kier alpha value is -1.03. The Morgan fingerprint density at radius 2 is 2.46 bits per heavy atom. The normalized spacial score (nSPS) is 10.1. The number of aromatic nitrogens is 2. The van der Waals surface area contributed by atoms with Crippen LogP contribution < -0.4 is 0 Å². The predicted molar refractivity (Wildman–Crippen MR) is 48.9 cm³/mol. The summed E-state index contributed by atoms with van der Waals surface area (Å²) in [4.78, 5) is 11.1. The van der Waals surface area contributed by atoms with Gasteiger partial charge in [-0.1, -0.05) is 18.5 Å². The van der Waals surface area contributed by atoms with Crippen molar-refractivity contribution in [2.24, 2.45) is 0 Å². The van der Waals surface area contributed by atoms with Crippen molar-refractivity contribution in [3.05, 3.63) is 16.9 Å². The second-order valence-electron chi connectivity index (χ2n) is 2.56. The maximum Gasteiger partial charge on any atom is 0.342 e. The van der Waals surface area contributed by atoms with Crippen LogP contribution in [0.1, 0.15) is 23.7 Å². The number of hydrogen-bond donors (Lipinski definition) is 0. The van der Waals surface area contributed by atoms with Gasteiger partial charge < -0.3 is 4.74 Å². The van der Waals surface area contributed by atoms with E-state index in [-0.39, 0.29) is 0 Å². The lowest BCUT2D eigenvalue weighted by molar-refractivity contribution is 0.0601. The van der Waals surface area contributed by atoms with E-state index >= 15 is 0 Å². The molecule has 0 atom stereocenters. The summed E-state index contributed by atoms with van der Waals surface area (Å²) < 4.78 is 6.11. The highest BCUT2D eigenvalue weighted by Gasteiger charge is 2.15. The zero-order valence-corrected chi connectivity index (χ0v) is 8.34. The molecule has 0 aliphatic heterocycles. The van der Waals surface area contributed by atoms with Crippen LogP contribution in [0.15, 0.2) is 6.20 Å². The van der Waals surface area contributed by atoms with Crippen LogP contribution in [0.4, 0.5) is 0 Å². The van der Waals surface area contributed by atoms with Gasteiger partial charge in [-0.25, -0.2) is 4.79 Å². The standard InChI is InChI=1S/C8H11ClN2O2/c1-3-4-11-7(9)6(5-10-11)8(12)13-2/h5H,3-4H2,1-2H3. The number of nitrogens with zero attached hydrogens (tertiary/aromatic N) is 2. The Bertz CT molecular complexity index is 309. The smallest absolute Gasteiger partial charge is 0.342 e. The van der Waals surface area contributed by atoms with Crippen LogP contribution in [-0.4, -0.2) is 22.9 Å². The van der Waals surface area contributed by atoms with E-state index < -0.39 is 5.97 Å². The maximum atomic E-state index is 11.1. The zero-order chi connectivity index (χ0) is 9.84. The highest BCUT2D eigenvalue weighted by molar-refractivity contribution is 6.32. The minimum Gasteiger partial charge on any atom is -0.465 e. The molecule has 5 heteroatoms. The van der Waals surface area contributed by atoms with E-state index in [2.05, 4.69) is 9.84 Å². The van der Waals surface area contributed by atoms with Gasteiger partial charge in [0.1, 0.15) is 10.7 Å². The second kappa shape index (κ2) is 4.28. The molecular formula is C8H11ClN2O2. The van der Waals surface area contributed by atoms with Gasteiger partial charge >= 0.3 is 5.97 Å². The molecule has 0 bridgehead atoms. The van der Waals surface area contributed by atoms with Crippen LogP contribution in [-0.2, 0) is 11.3 Å². The molecular weight excluding hydrogens is 192 g/mol. The average molecular weight is 203 g/mol. The van der Waals surface area contributed by atoms with E-state index in [9.17, 15) is 4.79 Å². The third-order valence-electron chi connectivity index (χ3n) is 1.62. The molecule has 0 aliphatic carbocycles. The van der Waals surface area contributed by atoms with Crippen LogP contribution in [0, 0.1) is 0 Å². The third kappa shape index (κ3) is 2.01. The largest absolute Gasteiger partial charge is 0.465 e. The number of ether oxygens (including phenoxy) is 1. The molecule has 0 spiro atoms. The van der Waals surface area contributed by atoms with Crippen molar-refractivity contribution >= 4 is 17.6 Å². The van der Waals surface area contributed by atoms with Crippen molar-refractivity contribution in [1.29, 1.82) is 0 Å². The Kier molecular flexibility index (Phi) is 3.31. The van der Waals surface area contributed by atoms with E-state index in [1.165, 1.54) is 13.3 Å². The summed E-state index contributed by atoms with van der Waals surface area (Å²) in [6.45, 7) is 2.71. The van der Waals surface area contributed by atoms with Crippen molar-refractivity contribution in [3.63, 3.8) is 0 Å². The van der Waals surface area contributed by atoms with Gasteiger partial charge in [0.05, 0.1) is 13.3 Å². The van der Waals surface area contributed by atoms with E-state index in [1.807, 2.05) is 6.92 Å². The highest BCUT2D eigenvalue weighted by Crippen LogP contribution is 2.16. The molecule has 13 heavy (non-hydrogen) atoms. The minimum absolute atomic E-state index is 0.317. The molecule has 1 rings (SSSR count). The van der Waals surface area contributed by atoms with Crippen molar-refractivity contribution in [2.75, 3.05) is 7.11 Å². The number of carbonyl (C=O) groups excluding carboxylic acids is 1. The van der Waals surface area contributed by atoms with E-state index in [1.54, 1.807) is 4.68 Å². The van der Waals surface area contributed by atoms with Gasteiger partial charge in [-0.3, -0.25) is 4.68 Å². The van der Waals surface area contributed by atoms with Crippen LogP contribution in [0.5, 0.6) is 0 Å². The number of rotatable bonds is 3. The number of hydrogen-bond acceptors (Lipinski definition) is 3. The van der Waals surface area contributed by atoms with Crippen molar-refractivity contribution in [1.82, 2.24) is 9.78 Å². The summed E-state index contributed by atoms with van der Waals surface area (Å²) in [5, 5.41) is 4.30. The summed E-state index contributed by atoms with van der Waals surface area (Å²) in [5.41, 5.74) is 0.317. The van der Waals surface area contributed by atoms with Gasteiger partial charge in [-0.15, -0.1) is 0 Å². The monoisotopic (exact) mass is 202 g/mol. The number of esters is 1. The summed E-state index contributed by atoms with van der Waals surface area (Å²) in [6, 6.07) is 0. The van der Waals surface area contributed by atoms with Crippen LogP contribution >= 0.6 is 11.6 Å². The quantitative estimate of drug-likeness (QED) is 0.702. The lowest BCUT2D eigenvalue weighted by Crippen LogP contribution is -2.02. The van der Waals surface area contributed by atoms with Crippen LogP contribution in [0.2, 0.25) is 5.15 Å². The maximum absolute atomic E-state index is 11.1. The average Bonchev–Trinajstić information content (AvgIpc) is 2.48. The fourth-order valence-electron chi connectivity index (χ4n) is 0.985. The summed E-state index contributed by atoms with van der Waals surface area (Å²) in [6.07, 6.45) is 2.34. The predicted octanol–water partition coefficient (Wildman–Crippen LogP) is 1.73. The van der Waals surface area contributed by atoms with Crippen molar-refractivity contribution in [3.8, 4) is 0 Å². The SMILES string of the molecule is CCCn1ncc(C(=O)OC)c1Cl. The molecule has 0 fully saturated rings. The Balaban J connectivity index is 2.92. The van der Waals surface area contributed by atoms with Crippen molar-refractivity contribution in [2.45, 2.75) is 19.9 Å². The lowest BCUT2D eigenvalue weighted by Gasteiger charge is -1.99. The van der Waals surface area contributed by atoms with Gasteiger partial charge in [0.25, 0.3) is 0 Å². The first-order chi connectivity index (χ1) is 6.20. The third-order valence-corrected chi connectivity index (χ3v) is 2.01. The summed E-state index contributed by atoms with van der Waals surface area (Å²) >= 11 is 5.88. The molecule has 0 aromatic carbocycles. The van der Waals surface area contributed by atoms with E-state index in [0.717, 1.165) is 6.42 Å². The Labute approximate surface area is 81.4 Å². The number of carbonyl (C=O) groups is 1. The molecule has 0 unspecified atom stereocenters. The molecule has 1 heterocycles. The molecule has 0 N–H and O–H groups in total. The molecule has 4 nitrogen and oxygen atoms in total. The van der Waals surface area contributed by atoms with Gasteiger partial charge in [0.2, 0.25) is 0 Å².